The highest BCUT2D eigenvalue weighted by Crippen LogP contribution is 2.16. The number of nitrogens with one attached hydrogen (secondary N) is 1. The Morgan fingerprint density at radius 2 is 1.86 bits per heavy atom. The zero-order valence-electron chi connectivity index (χ0n) is 12.5. The molecule has 2 aromatic rings. The van der Waals surface area contributed by atoms with E-state index in [1.54, 1.807) is 6.20 Å². The monoisotopic (exact) mass is 284 g/mol. The molecule has 5 nitrogen and oxygen atoms in total. The maximum Gasteiger partial charge on any atom is 0.245 e. The zero-order chi connectivity index (χ0) is 15.4. The van der Waals surface area contributed by atoms with Crippen molar-refractivity contribution < 1.29 is 4.79 Å². The number of anilines is 2. The Labute approximate surface area is 124 Å². The van der Waals surface area contributed by atoms with Crippen molar-refractivity contribution in [3.63, 3.8) is 0 Å². The fraction of sp³-hybridized carbons (Fsp3) is 0.250. The number of nitrogens with two attached hydrogens (primary N) is 1. The van der Waals surface area contributed by atoms with E-state index in [1.165, 1.54) is 0 Å². The fourth-order valence-electron chi connectivity index (χ4n) is 1.87. The number of rotatable bonds is 4. The van der Waals surface area contributed by atoms with Crippen molar-refractivity contribution in [2.24, 2.45) is 5.73 Å². The van der Waals surface area contributed by atoms with Crippen LogP contribution in [-0.4, -0.2) is 25.0 Å². The average molecular weight is 284 g/mol. The van der Waals surface area contributed by atoms with Gasteiger partial charge in [0.15, 0.2) is 0 Å². The summed E-state index contributed by atoms with van der Waals surface area (Å²) < 4.78 is 0. The first-order valence-electron chi connectivity index (χ1n) is 6.74. The lowest BCUT2D eigenvalue weighted by molar-refractivity contribution is -0.117. The second-order valence-electron chi connectivity index (χ2n) is 5.18. The summed E-state index contributed by atoms with van der Waals surface area (Å²) in [5.74, 6) is 0.578. The molecule has 1 atom stereocenters. The minimum Gasteiger partial charge on any atom is -0.363 e. The van der Waals surface area contributed by atoms with Crippen LogP contribution in [0.15, 0.2) is 42.6 Å². The van der Waals surface area contributed by atoms with Gasteiger partial charge in [0.05, 0.1) is 11.9 Å². The summed E-state index contributed by atoms with van der Waals surface area (Å²) in [5, 5.41) is 2.78. The van der Waals surface area contributed by atoms with Gasteiger partial charge < -0.3 is 16.0 Å². The van der Waals surface area contributed by atoms with Crippen molar-refractivity contribution in [3.8, 4) is 0 Å². The summed E-state index contributed by atoms with van der Waals surface area (Å²) in [7, 11) is 3.82. The van der Waals surface area contributed by atoms with Crippen LogP contribution in [0.25, 0.3) is 0 Å². The lowest BCUT2D eigenvalue weighted by Crippen LogP contribution is -2.27. The van der Waals surface area contributed by atoms with E-state index in [4.69, 9.17) is 5.73 Å². The van der Waals surface area contributed by atoms with Crippen molar-refractivity contribution in [1.29, 1.82) is 0 Å². The van der Waals surface area contributed by atoms with Gasteiger partial charge in [-0.25, -0.2) is 4.98 Å². The Morgan fingerprint density at radius 3 is 2.38 bits per heavy atom. The molecular weight excluding hydrogens is 264 g/mol. The third-order valence-electron chi connectivity index (χ3n) is 3.19. The molecule has 0 aliphatic heterocycles. The first kappa shape index (κ1) is 15.0. The highest BCUT2D eigenvalue weighted by atomic mass is 16.2. The fourth-order valence-corrected chi connectivity index (χ4v) is 1.87. The Hall–Kier alpha value is -2.40. The van der Waals surface area contributed by atoms with Gasteiger partial charge in [0.1, 0.15) is 11.9 Å². The molecule has 0 radical (unpaired) electrons. The molecule has 110 valence electrons. The molecule has 1 unspecified atom stereocenters. The summed E-state index contributed by atoms with van der Waals surface area (Å²) >= 11 is 0. The molecular formula is C16H20N4O. The van der Waals surface area contributed by atoms with Gasteiger partial charge in [-0.3, -0.25) is 4.79 Å². The smallest absolute Gasteiger partial charge is 0.245 e. The Kier molecular flexibility index (Phi) is 4.55. The highest BCUT2D eigenvalue weighted by Gasteiger charge is 2.15. The third-order valence-corrected chi connectivity index (χ3v) is 3.19. The SMILES string of the molecule is Cc1ccc(C(N)C(=O)Nc2ccc(N(C)C)nc2)cc1. The van der Waals surface area contributed by atoms with Gasteiger partial charge >= 0.3 is 0 Å². The Balaban J connectivity index is 2.05. The first-order chi connectivity index (χ1) is 9.97. The summed E-state index contributed by atoms with van der Waals surface area (Å²) in [6.07, 6.45) is 1.62. The summed E-state index contributed by atoms with van der Waals surface area (Å²) in [6.45, 7) is 1.99. The zero-order valence-corrected chi connectivity index (χ0v) is 12.5. The van der Waals surface area contributed by atoms with Crippen LogP contribution in [0.3, 0.4) is 0 Å². The van der Waals surface area contributed by atoms with Crippen molar-refractivity contribution in [2.75, 3.05) is 24.3 Å². The first-order valence-corrected chi connectivity index (χ1v) is 6.74. The van der Waals surface area contributed by atoms with Gasteiger partial charge in [0, 0.05) is 14.1 Å². The Bertz CT molecular complexity index is 605. The molecule has 0 saturated carbocycles. The number of aryl methyl sites for hydroxylation is 1. The van der Waals surface area contributed by atoms with Crippen LogP contribution in [0.2, 0.25) is 0 Å². The second kappa shape index (κ2) is 6.37. The molecule has 0 fully saturated rings. The van der Waals surface area contributed by atoms with Crippen LogP contribution >= 0.6 is 0 Å². The molecule has 2 rings (SSSR count). The molecule has 21 heavy (non-hydrogen) atoms. The van der Waals surface area contributed by atoms with Crippen molar-refractivity contribution in [1.82, 2.24) is 4.98 Å². The van der Waals surface area contributed by atoms with Crippen molar-refractivity contribution in [2.45, 2.75) is 13.0 Å². The molecule has 0 aliphatic carbocycles. The third kappa shape index (κ3) is 3.79. The van der Waals surface area contributed by atoms with Crippen LogP contribution in [0.4, 0.5) is 11.5 Å². The molecule has 0 aliphatic rings. The largest absolute Gasteiger partial charge is 0.363 e. The number of aromatic nitrogens is 1. The second-order valence-corrected chi connectivity index (χ2v) is 5.18. The molecule has 1 aromatic heterocycles. The van der Waals surface area contributed by atoms with Crippen LogP contribution in [0, 0.1) is 6.92 Å². The van der Waals surface area contributed by atoms with Crippen LogP contribution in [0.1, 0.15) is 17.2 Å². The lowest BCUT2D eigenvalue weighted by Gasteiger charge is -2.14. The normalized spacial score (nSPS) is 11.8. The van der Waals surface area contributed by atoms with Gasteiger partial charge in [-0.05, 0) is 24.6 Å². The van der Waals surface area contributed by atoms with E-state index in [-0.39, 0.29) is 5.91 Å². The minimum atomic E-state index is -0.695. The van der Waals surface area contributed by atoms with E-state index in [0.29, 0.717) is 5.69 Å². The van der Waals surface area contributed by atoms with E-state index in [9.17, 15) is 4.79 Å². The number of hydrogen-bond acceptors (Lipinski definition) is 4. The number of amides is 1. The van der Waals surface area contributed by atoms with Gasteiger partial charge in [0.2, 0.25) is 5.91 Å². The van der Waals surface area contributed by atoms with E-state index in [0.717, 1.165) is 16.9 Å². The summed E-state index contributed by atoms with van der Waals surface area (Å²) in [6, 6.07) is 10.6. The highest BCUT2D eigenvalue weighted by molar-refractivity contribution is 5.95. The van der Waals surface area contributed by atoms with Gasteiger partial charge in [0.25, 0.3) is 0 Å². The van der Waals surface area contributed by atoms with E-state index in [2.05, 4.69) is 10.3 Å². The number of hydrogen-bond donors (Lipinski definition) is 2. The maximum absolute atomic E-state index is 12.1. The molecule has 0 bridgehead atoms. The Morgan fingerprint density at radius 1 is 1.19 bits per heavy atom. The predicted octanol–water partition coefficient (Wildman–Crippen LogP) is 2.09. The molecule has 1 heterocycles. The average Bonchev–Trinajstić information content (AvgIpc) is 2.47. The number of carbonyl (C=O) groups is 1. The number of pyridine rings is 1. The topological polar surface area (TPSA) is 71.2 Å². The summed E-state index contributed by atoms with van der Waals surface area (Å²) in [4.78, 5) is 18.3. The quantitative estimate of drug-likeness (QED) is 0.902. The predicted molar refractivity (Wildman–Crippen MR) is 85.3 cm³/mol. The molecule has 5 heteroatoms. The summed E-state index contributed by atoms with van der Waals surface area (Å²) in [5.41, 5.74) is 8.53. The van der Waals surface area contributed by atoms with Crippen LogP contribution < -0.4 is 16.0 Å². The van der Waals surface area contributed by atoms with E-state index >= 15 is 0 Å². The number of nitrogens with zero attached hydrogens (tertiary/aromatic N) is 2. The molecule has 3 N–H and O–H groups in total. The van der Waals surface area contributed by atoms with E-state index in [1.807, 2.05) is 62.3 Å². The molecule has 1 aromatic carbocycles. The van der Waals surface area contributed by atoms with Crippen LogP contribution in [0.5, 0.6) is 0 Å². The number of benzene rings is 1. The lowest BCUT2D eigenvalue weighted by atomic mass is 10.1. The van der Waals surface area contributed by atoms with Crippen molar-refractivity contribution in [3.05, 3.63) is 53.7 Å². The van der Waals surface area contributed by atoms with Gasteiger partial charge in [-0.1, -0.05) is 29.8 Å². The molecule has 0 spiro atoms. The molecule has 1 amide bonds. The van der Waals surface area contributed by atoms with Gasteiger partial charge in [-0.2, -0.15) is 0 Å². The number of carbonyl (C=O) groups excluding carboxylic acids is 1. The molecule has 0 saturated heterocycles. The van der Waals surface area contributed by atoms with E-state index < -0.39 is 6.04 Å². The van der Waals surface area contributed by atoms with Crippen LogP contribution in [-0.2, 0) is 4.79 Å². The standard InChI is InChI=1S/C16H20N4O/c1-11-4-6-12(7-5-11)15(17)16(21)19-13-8-9-14(18-10-13)20(2)3/h4-10,15H,17H2,1-3H3,(H,19,21). The van der Waals surface area contributed by atoms with Crippen molar-refractivity contribution >= 4 is 17.4 Å². The van der Waals surface area contributed by atoms with Gasteiger partial charge in [-0.15, -0.1) is 0 Å². The minimum absolute atomic E-state index is 0.252. The maximum atomic E-state index is 12.1.